The number of likely N-dealkylation sites (tertiary alicyclic amines) is 1. The number of fused-ring (bicyclic) bond motifs is 1. The summed E-state index contributed by atoms with van der Waals surface area (Å²) in [6, 6.07) is 14.2. The van der Waals surface area contributed by atoms with Crippen molar-refractivity contribution in [1.29, 1.82) is 0 Å². The second-order valence-electron chi connectivity index (χ2n) is 6.74. The molecule has 1 N–H and O–H groups in total. The van der Waals surface area contributed by atoms with Crippen molar-refractivity contribution in [1.82, 2.24) is 10.2 Å². The third-order valence-corrected chi connectivity index (χ3v) is 4.81. The van der Waals surface area contributed by atoms with E-state index in [1.54, 1.807) is 6.08 Å². The Bertz CT molecular complexity index is 792. The SMILES string of the molecule is O=C(/C=C/c1cccc2ccccc12)NCCCN1CCCCCC1=O. The first-order valence-electron chi connectivity index (χ1n) is 9.45. The third-order valence-electron chi connectivity index (χ3n) is 4.81. The average molecular weight is 350 g/mol. The highest BCUT2D eigenvalue weighted by atomic mass is 16.2. The van der Waals surface area contributed by atoms with Crippen LogP contribution in [0.1, 0.15) is 37.7 Å². The molecule has 4 nitrogen and oxygen atoms in total. The van der Waals surface area contributed by atoms with Crippen LogP contribution in [-0.2, 0) is 9.59 Å². The maximum atomic E-state index is 12.0. The molecule has 1 heterocycles. The molecule has 2 amide bonds. The number of benzene rings is 2. The van der Waals surface area contributed by atoms with Crippen molar-refractivity contribution >= 4 is 28.7 Å². The smallest absolute Gasteiger partial charge is 0.244 e. The van der Waals surface area contributed by atoms with Crippen molar-refractivity contribution in [3.63, 3.8) is 0 Å². The Morgan fingerprint density at radius 2 is 1.92 bits per heavy atom. The van der Waals surface area contributed by atoms with Crippen LogP contribution in [0.3, 0.4) is 0 Å². The lowest BCUT2D eigenvalue weighted by molar-refractivity contribution is -0.130. The molecule has 0 bridgehead atoms. The topological polar surface area (TPSA) is 49.4 Å². The largest absolute Gasteiger partial charge is 0.352 e. The standard InChI is InChI=1S/C22H26N2O2/c25-21(23-15-7-17-24-16-5-1-2-12-22(24)26)14-13-19-10-6-9-18-8-3-4-11-20(18)19/h3-4,6,8-11,13-14H,1-2,5,7,12,15-17H2,(H,23,25)/b14-13+. The van der Waals surface area contributed by atoms with Gasteiger partial charge in [0.1, 0.15) is 0 Å². The summed E-state index contributed by atoms with van der Waals surface area (Å²) in [7, 11) is 0. The number of amides is 2. The second-order valence-corrected chi connectivity index (χ2v) is 6.74. The monoisotopic (exact) mass is 350 g/mol. The molecule has 3 rings (SSSR count). The van der Waals surface area contributed by atoms with Crippen LogP contribution in [0.5, 0.6) is 0 Å². The van der Waals surface area contributed by atoms with Gasteiger partial charge in [0.05, 0.1) is 0 Å². The van der Waals surface area contributed by atoms with Crippen LogP contribution in [0.15, 0.2) is 48.5 Å². The van der Waals surface area contributed by atoms with Gasteiger partial charge in [-0.05, 0) is 41.7 Å². The van der Waals surface area contributed by atoms with Crippen LogP contribution in [0.4, 0.5) is 0 Å². The summed E-state index contributed by atoms with van der Waals surface area (Å²) >= 11 is 0. The molecule has 0 aliphatic carbocycles. The first-order valence-corrected chi connectivity index (χ1v) is 9.45. The van der Waals surface area contributed by atoms with E-state index in [-0.39, 0.29) is 11.8 Å². The molecule has 0 atom stereocenters. The number of nitrogens with zero attached hydrogens (tertiary/aromatic N) is 1. The Hall–Kier alpha value is -2.62. The Balaban J connectivity index is 1.46. The number of carbonyl (C=O) groups is 2. The summed E-state index contributed by atoms with van der Waals surface area (Å²) in [4.78, 5) is 25.9. The summed E-state index contributed by atoms with van der Waals surface area (Å²) in [6.07, 6.45) is 8.13. The Labute approximate surface area is 154 Å². The summed E-state index contributed by atoms with van der Waals surface area (Å²) in [6.45, 7) is 2.17. The van der Waals surface area contributed by atoms with Crippen molar-refractivity contribution in [3.8, 4) is 0 Å². The van der Waals surface area contributed by atoms with E-state index in [4.69, 9.17) is 0 Å². The molecule has 1 fully saturated rings. The Morgan fingerprint density at radius 3 is 2.85 bits per heavy atom. The number of rotatable bonds is 6. The van der Waals surface area contributed by atoms with Gasteiger partial charge in [0.2, 0.25) is 11.8 Å². The van der Waals surface area contributed by atoms with E-state index < -0.39 is 0 Å². The maximum absolute atomic E-state index is 12.0. The van der Waals surface area contributed by atoms with Gasteiger partial charge in [-0.2, -0.15) is 0 Å². The van der Waals surface area contributed by atoms with Gasteiger partial charge >= 0.3 is 0 Å². The molecule has 2 aromatic carbocycles. The molecule has 4 heteroatoms. The summed E-state index contributed by atoms with van der Waals surface area (Å²) in [5.74, 6) is 0.157. The molecule has 0 radical (unpaired) electrons. The molecule has 136 valence electrons. The molecule has 1 saturated heterocycles. The van der Waals surface area contributed by atoms with Gasteiger partial charge in [-0.25, -0.2) is 0 Å². The normalized spacial score (nSPS) is 15.4. The van der Waals surface area contributed by atoms with Crippen LogP contribution in [0, 0.1) is 0 Å². The van der Waals surface area contributed by atoms with Gasteiger partial charge in [0.15, 0.2) is 0 Å². The van der Waals surface area contributed by atoms with Crippen molar-refractivity contribution in [2.75, 3.05) is 19.6 Å². The molecule has 1 aliphatic rings. The summed E-state index contributed by atoms with van der Waals surface area (Å²) < 4.78 is 0. The second kappa shape index (κ2) is 9.18. The van der Waals surface area contributed by atoms with Crippen LogP contribution in [-0.4, -0.2) is 36.3 Å². The lowest BCUT2D eigenvalue weighted by Gasteiger charge is -2.20. The first-order chi connectivity index (χ1) is 12.7. The highest BCUT2D eigenvalue weighted by molar-refractivity contribution is 5.96. The predicted octanol–water partition coefficient (Wildman–Crippen LogP) is 3.76. The minimum Gasteiger partial charge on any atom is -0.352 e. The fourth-order valence-electron chi connectivity index (χ4n) is 3.38. The zero-order valence-electron chi connectivity index (χ0n) is 15.1. The zero-order chi connectivity index (χ0) is 18.2. The number of hydrogen-bond donors (Lipinski definition) is 1. The van der Waals surface area contributed by atoms with E-state index in [0.717, 1.165) is 55.1 Å². The number of nitrogens with one attached hydrogen (secondary N) is 1. The van der Waals surface area contributed by atoms with Gasteiger partial charge in [-0.3, -0.25) is 9.59 Å². The van der Waals surface area contributed by atoms with Gasteiger partial charge in [-0.1, -0.05) is 48.9 Å². The fourth-order valence-corrected chi connectivity index (χ4v) is 3.38. The Morgan fingerprint density at radius 1 is 1.08 bits per heavy atom. The van der Waals surface area contributed by atoms with Gasteiger partial charge in [-0.15, -0.1) is 0 Å². The summed E-state index contributed by atoms with van der Waals surface area (Å²) in [5, 5.41) is 5.21. The molecule has 1 aliphatic heterocycles. The highest BCUT2D eigenvalue weighted by Gasteiger charge is 2.15. The molecular weight excluding hydrogens is 324 g/mol. The number of carbonyl (C=O) groups excluding carboxylic acids is 2. The highest BCUT2D eigenvalue weighted by Crippen LogP contribution is 2.19. The third kappa shape index (κ3) is 4.94. The molecule has 0 spiro atoms. The maximum Gasteiger partial charge on any atom is 0.244 e. The van der Waals surface area contributed by atoms with E-state index in [1.807, 2.05) is 35.2 Å². The average Bonchev–Trinajstić information content (AvgIpc) is 2.87. The minimum absolute atomic E-state index is 0.0971. The van der Waals surface area contributed by atoms with Crippen molar-refractivity contribution < 1.29 is 9.59 Å². The van der Waals surface area contributed by atoms with Crippen LogP contribution in [0.25, 0.3) is 16.8 Å². The van der Waals surface area contributed by atoms with Crippen LogP contribution >= 0.6 is 0 Å². The summed E-state index contributed by atoms with van der Waals surface area (Å²) in [5.41, 5.74) is 1.04. The quantitative estimate of drug-likeness (QED) is 0.637. The Kier molecular flexibility index (Phi) is 6.42. The molecule has 0 saturated carbocycles. The first kappa shape index (κ1) is 18.2. The van der Waals surface area contributed by atoms with E-state index >= 15 is 0 Å². The van der Waals surface area contributed by atoms with E-state index in [2.05, 4.69) is 23.5 Å². The van der Waals surface area contributed by atoms with Crippen molar-refractivity contribution in [2.45, 2.75) is 32.1 Å². The lowest BCUT2D eigenvalue weighted by Crippen LogP contribution is -2.33. The molecular formula is C22H26N2O2. The molecule has 26 heavy (non-hydrogen) atoms. The van der Waals surface area contributed by atoms with E-state index in [0.29, 0.717) is 13.0 Å². The van der Waals surface area contributed by atoms with Gasteiger partial charge in [0.25, 0.3) is 0 Å². The van der Waals surface area contributed by atoms with Crippen LogP contribution < -0.4 is 5.32 Å². The number of hydrogen-bond acceptors (Lipinski definition) is 2. The van der Waals surface area contributed by atoms with Gasteiger partial charge < -0.3 is 10.2 Å². The minimum atomic E-state index is -0.0971. The fraction of sp³-hybridized carbons (Fsp3) is 0.364. The molecule has 0 unspecified atom stereocenters. The van der Waals surface area contributed by atoms with Crippen molar-refractivity contribution in [3.05, 3.63) is 54.1 Å². The predicted molar refractivity (Wildman–Crippen MR) is 106 cm³/mol. The lowest BCUT2D eigenvalue weighted by atomic mass is 10.0. The molecule has 2 aromatic rings. The van der Waals surface area contributed by atoms with Crippen LogP contribution in [0.2, 0.25) is 0 Å². The van der Waals surface area contributed by atoms with Gasteiger partial charge in [0, 0.05) is 32.1 Å². The van der Waals surface area contributed by atoms with E-state index in [1.165, 1.54) is 0 Å². The van der Waals surface area contributed by atoms with Crippen molar-refractivity contribution in [2.24, 2.45) is 0 Å². The van der Waals surface area contributed by atoms with E-state index in [9.17, 15) is 9.59 Å². The molecule has 0 aromatic heterocycles. The zero-order valence-corrected chi connectivity index (χ0v) is 15.1.